The minimum Gasteiger partial charge on any atom is -0.395 e. The summed E-state index contributed by atoms with van der Waals surface area (Å²) in [6.45, 7) is 4.41. The van der Waals surface area contributed by atoms with Crippen molar-refractivity contribution in [2.45, 2.75) is 24.5 Å². The number of nitrogens with zero attached hydrogens (tertiary/aromatic N) is 1. The number of carbonyl (C=O) groups is 1. The van der Waals surface area contributed by atoms with E-state index in [0.717, 1.165) is 0 Å². The third-order valence-corrected chi connectivity index (χ3v) is 4.42. The summed E-state index contributed by atoms with van der Waals surface area (Å²) in [5.41, 5.74) is 2.36. The van der Waals surface area contributed by atoms with Gasteiger partial charge in [0.05, 0.1) is 11.9 Å². The molecule has 4 heteroatoms. The van der Waals surface area contributed by atoms with Gasteiger partial charge >= 0.3 is 0 Å². The van der Waals surface area contributed by atoms with Gasteiger partial charge in [-0.2, -0.15) is 0 Å². The molecule has 1 heterocycles. The van der Waals surface area contributed by atoms with E-state index in [0.29, 0.717) is 6.54 Å². The largest absolute Gasteiger partial charge is 0.395 e. The Bertz CT molecular complexity index is 422. The van der Waals surface area contributed by atoms with Crippen LogP contribution in [0.15, 0.2) is 24.3 Å². The molecule has 1 aliphatic heterocycles. The second-order valence-electron chi connectivity index (χ2n) is 4.24. The Labute approximate surface area is 106 Å². The van der Waals surface area contributed by atoms with Crippen LogP contribution in [-0.2, 0) is 4.79 Å². The quantitative estimate of drug-likeness (QED) is 0.892. The molecule has 2 atom stereocenters. The summed E-state index contributed by atoms with van der Waals surface area (Å²) in [6, 6.07) is 8.11. The van der Waals surface area contributed by atoms with Gasteiger partial charge in [0.1, 0.15) is 5.37 Å². The predicted molar refractivity (Wildman–Crippen MR) is 69.8 cm³/mol. The van der Waals surface area contributed by atoms with Crippen LogP contribution >= 0.6 is 11.8 Å². The fourth-order valence-electron chi connectivity index (χ4n) is 2.11. The maximum atomic E-state index is 12.0. The standard InChI is InChI=1S/C13H17NO2S/c1-9-5-3-4-6-11(9)13-14(7-8-15)12(16)10(2)17-13/h3-6,10,13,15H,7-8H2,1-2H3/t10-,13+/m1/s1. The van der Waals surface area contributed by atoms with E-state index in [1.807, 2.05) is 19.1 Å². The molecule has 3 nitrogen and oxygen atoms in total. The van der Waals surface area contributed by atoms with Gasteiger partial charge in [0, 0.05) is 6.54 Å². The molecule has 0 unspecified atom stereocenters. The highest BCUT2D eigenvalue weighted by Gasteiger charge is 2.38. The zero-order valence-corrected chi connectivity index (χ0v) is 10.9. The van der Waals surface area contributed by atoms with Crippen LogP contribution < -0.4 is 0 Å². The average Bonchev–Trinajstić information content (AvgIpc) is 2.58. The number of aliphatic hydroxyl groups is 1. The van der Waals surface area contributed by atoms with Crippen LogP contribution in [-0.4, -0.2) is 34.3 Å². The van der Waals surface area contributed by atoms with Crippen LogP contribution in [0.2, 0.25) is 0 Å². The molecule has 1 aromatic carbocycles. The Morgan fingerprint density at radius 3 is 2.76 bits per heavy atom. The van der Waals surface area contributed by atoms with E-state index in [2.05, 4.69) is 19.1 Å². The van der Waals surface area contributed by atoms with Crippen molar-refractivity contribution < 1.29 is 9.90 Å². The first-order valence-corrected chi connectivity index (χ1v) is 6.71. The SMILES string of the molecule is Cc1ccccc1[C@@H]1S[C@H](C)C(=O)N1CCO. The predicted octanol–water partition coefficient (Wildman–Crippen LogP) is 1.95. The number of carbonyl (C=O) groups excluding carboxylic acids is 1. The molecule has 1 aromatic rings. The monoisotopic (exact) mass is 251 g/mol. The highest BCUT2D eigenvalue weighted by molar-refractivity contribution is 8.01. The third kappa shape index (κ3) is 2.33. The molecular formula is C13H17NO2S. The van der Waals surface area contributed by atoms with Crippen LogP contribution in [0.25, 0.3) is 0 Å². The molecule has 1 saturated heterocycles. The molecular weight excluding hydrogens is 234 g/mol. The summed E-state index contributed by atoms with van der Waals surface area (Å²) >= 11 is 1.65. The van der Waals surface area contributed by atoms with Crippen molar-refractivity contribution in [1.29, 1.82) is 0 Å². The summed E-state index contributed by atoms with van der Waals surface area (Å²) in [5, 5.41) is 9.09. The zero-order chi connectivity index (χ0) is 12.4. The van der Waals surface area contributed by atoms with E-state index in [9.17, 15) is 4.79 Å². The molecule has 1 amide bonds. The van der Waals surface area contributed by atoms with Crippen LogP contribution in [0.5, 0.6) is 0 Å². The van der Waals surface area contributed by atoms with Gasteiger partial charge in [-0.1, -0.05) is 24.3 Å². The van der Waals surface area contributed by atoms with E-state index < -0.39 is 0 Å². The number of hydrogen-bond donors (Lipinski definition) is 1. The van der Waals surface area contributed by atoms with Crippen molar-refractivity contribution in [2.75, 3.05) is 13.2 Å². The van der Waals surface area contributed by atoms with Crippen LogP contribution in [0.4, 0.5) is 0 Å². The summed E-state index contributed by atoms with van der Waals surface area (Å²) in [5.74, 6) is 0.123. The van der Waals surface area contributed by atoms with Crippen LogP contribution in [0.3, 0.4) is 0 Å². The molecule has 0 aliphatic carbocycles. The molecule has 1 aliphatic rings. The number of benzene rings is 1. The van der Waals surface area contributed by atoms with E-state index in [1.54, 1.807) is 16.7 Å². The Morgan fingerprint density at radius 1 is 1.41 bits per heavy atom. The van der Waals surface area contributed by atoms with Crippen molar-refractivity contribution in [3.8, 4) is 0 Å². The summed E-state index contributed by atoms with van der Waals surface area (Å²) < 4.78 is 0. The van der Waals surface area contributed by atoms with Gasteiger partial charge in [0.2, 0.25) is 5.91 Å². The van der Waals surface area contributed by atoms with Gasteiger partial charge < -0.3 is 10.0 Å². The molecule has 17 heavy (non-hydrogen) atoms. The minimum atomic E-state index is -0.0221. The topological polar surface area (TPSA) is 40.5 Å². The number of hydrogen-bond acceptors (Lipinski definition) is 3. The minimum absolute atomic E-state index is 0.0153. The Hall–Kier alpha value is -1.00. The Balaban J connectivity index is 2.31. The average molecular weight is 251 g/mol. The van der Waals surface area contributed by atoms with Crippen molar-refractivity contribution in [3.63, 3.8) is 0 Å². The molecule has 0 spiro atoms. The van der Waals surface area contributed by atoms with Gasteiger partial charge in [-0.3, -0.25) is 4.79 Å². The molecule has 1 N–H and O–H groups in total. The van der Waals surface area contributed by atoms with E-state index in [-0.39, 0.29) is 23.1 Å². The van der Waals surface area contributed by atoms with Crippen molar-refractivity contribution >= 4 is 17.7 Å². The number of amides is 1. The van der Waals surface area contributed by atoms with Gasteiger partial charge in [0.15, 0.2) is 0 Å². The number of β-amino-alcohol motifs (C(OH)–C–C–N with tert-alkyl or cyclic N) is 1. The fourth-order valence-corrected chi connectivity index (χ4v) is 3.52. The highest BCUT2D eigenvalue weighted by Crippen LogP contribution is 2.43. The smallest absolute Gasteiger partial charge is 0.236 e. The van der Waals surface area contributed by atoms with Crippen molar-refractivity contribution in [2.24, 2.45) is 0 Å². The molecule has 92 valence electrons. The normalized spacial score (nSPS) is 24.4. The number of rotatable bonds is 3. The van der Waals surface area contributed by atoms with Gasteiger partial charge in [-0.25, -0.2) is 0 Å². The van der Waals surface area contributed by atoms with Gasteiger partial charge in [0.25, 0.3) is 0 Å². The summed E-state index contributed by atoms with van der Waals surface area (Å²) in [7, 11) is 0. The molecule has 0 aromatic heterocycles. The molecule has 0 bridgehead atoms. The Kier molecular flexibility index (Phi) is 3.74. The van der Waals surface area contributed by atoms with Crippen LogP contribution in [0.1, 0.15) is 23.4 Å². The second-order valence-corrected chi connectivity index (χ2v) is 5.67. The zero-order valence-electron chi connectivity index (χ0n) is 10.1. The lowest BCUT2D eigenvalue weighted by Gasteiger charge is -2.24. The first-order valence-electron chi connectivity index (χ1n) is 5.77. The maximum absolute atomic E-state index is 12.0. The number of thioether (sulfide) groups is 1. The number of aliphatic hydroxyl groups excluding tert-OH is 1. The summed E-state index contributed by atoms with van der Waals surface area (Å²) in [4.78, 5) is 13.8. The molecule has 1 fully saturated rings. The Morgan fingerprint density at radius 2 is 2.12 bits per heavy atom. The first-order chi connectivity index (χ1) is 8.15. The van der Waals surface area contributed by atoms with Crippen molar-refractivity contribution in [1.82, 2.24) is 4.90 Å². The maximum Gasteiger partial charge on any atom is 0.236 e. The van der Waals surface area contributed by atoms with Gasteiger partial charge in [-0.05, 0) is 25.0 Å². The lowest BCUT2D eigenvalue weighted by molar-refractivity contribution is -0.130. The summed E-state index contributed by atoms with van der Waals surface area (Å²) in [6.07, 6.45) is 0. The molecule has 0 radical (unpaired) electrons. The third-order valence-electron chi connectivity index (χ3n) is 3.04. The lowest BCUT2D eigenvalue weighted by Crippen LogP contribution is -2.32. The lowest BCUT2D eigenvalue weighted by atomic mass is 10.1. The highest BCUT2D eigenvalue weighted by atomic mass is 32.2. The van der Waals surface area contributed by atoms with Crippen LogP contribution in [0, 0.1) is 6.92 Å². The second kappa shape index (κ2) is 5.10. The van der Waals surface area contributed by atoms with Gasteiger partial charge in [-0.15, -0.1) is 11.8 Å². The first kappa shape index (κ1) is 12.5. The van der Waals surface area contributed by atoms with E-state index in [1.165, 1.54) is 11.1 Å². The number of aryl methyl sites for hydroxylation is 1. The van der Waals surface area contributed by atoms with E-state index in [4.69, 9.17) is 5.11 Å². The molecule has 0 saturated carbocycles. The molecule has 2 rings (SSSR count). The fraction of sp³-hybridized carbons (Fsp3) is 0.462. The van der Waals surface area contributed by atoms with Crippen molar-refractivity contribution in [3.05, 3.63) is 35.4 Å². The van der Waals surface area contributed by atoms with E-state index >= 15 is 0 Å².